The van der Waals surface area contributed by atoms with E-state index >= 15 is 0 Å². The first-order chi connectivity index (χ1) is 11.2. The number of ether oxygens (including phenoxy) is 2. The normalized spacial score (nSPS) is 20.0. The van der Waals surface area contributed by atoms with Crippen LogP contribution in [0.15, 0.2) is 30.3 Å². The Morgan fingerprint density at radius 3 is 2.78 bits per heavy atom. The SMILES string of the molecule is CCOC(=O)CC[C@@H]1C[C@H](NC(=O)OCc2ccccc2)CN1. The average Bonchev–Trinajstić information content (AvgIpc) is 3.00. The summed E-state index contributed by atoms with van der Waals surface area (Å²) in [7, 11) is 0. The van der Waals surface area contributed by atoms with E-state index in [1.54, 1.807) is 6.92 Å². The van der Waals surface area contributed by atoms with Gasteiger partial charge in [-0.2, -0.15) is 0 Å². The van der Waals surface area contributed by atoms with E-state index in [4.69, 9.17) is 9.47 Å². The molecule has 126 valence electrons. The van der Waals surface area contributed by atoms with Crippen LogP contribution in [0, 0.1) is 0 Å². The quantitative estimate of drug-likeness (QED) is 0.751. The van der Waals surface area contributed by atoms with Crippen molar-refractivity contribution in [2.24, 2.45) is 0 Å². The maximum absolute atomic E-state index is 11.8. The molecule has 0 unspecified atom stereocenters. The fourth-order valence-electron chi connectivity index (χ4n) is 2.61. The zero-order valence-corrected chi connectivity index (χ0v) is 13.4. The first-order valence-corrected chi connectivity index (χ1v) is 8.03. The topological polar surface area (TPSA) is 76.7 Å². The largest absolute Gasteiger partial charge is 0.466 e. The van der Waals surface area contributed by atoms with E-state index in [2.05, 4.69) is 10.6 Å². The summed E-state index contributed by atoms with van der Waals surface area (Å²) in [6.45, 7) is 3.16. The highest BCUT2D eigenvalue weighted by Crippen LogP contribution is 2.13. The summed E-state index contributed by atoms with van der Waals surface area (Å²) in [6, 6.07) is 9.82. The standard InChI is InChI=1S/C17H24N2O4/c1-2-22-16(20)9-8-14-10-15(11-18-14)19-17(21)23-12-13-6-4-3-5-7-13/h3-7,14-15,18H,2,8-12H2,1H3,(H,19,21)/t14-,15+/m1/s1. The molecule has 0 bridgehead atoms. The number of hydrogen-bond donors (Lipinski definition) is 2. The maximum Gasteiger partial charge on any atom is 0.407 e. The molecule has 1 fully saturated rings. The van der Waals surface area contributed by atoms with Gasteiger partial charge in [0.25, 0.3) is 0 Å². The van der Waals surface area contributed by atoms with E-state index in [9.17, 15) is 9.59 Å². The van der Waals surface area contributed by atoms with E-state index in [1.165, 1.54) is 0 Å². The lowest BCUT2D eigenvalue weighted by molar-refractivity contribution is -0.143. The second kappa shape index (κ2) is 9.15. The fraction of sp³-hybridized carbons (Fsp3) is 0.529. The van der Waals surface area contributed by atoms with Crippen molar-refractivity contribution in [2.75, 3.05) is 13.2 Å². The molecule has 6 nitrogen and oxygen atoms in total. The van der Waals surface area contributed by atoms with E-state index in [0.29, 0.717) is 19.6 Å². The number of nitrogens with one attached hydrogen (secondary N) is 2. The molecular weight excluding hydrogens is 296 g/mol. The van der Waals surface area contributed by atoms with Crippen LogP contribution in [0.4, 0.5) is 4.79 Å². The van der Waals surface area contributed by atoms with Crippen molar-refractivity contribution < 1.29 is 19.1 Å². The lowest BCUT2D eigenvalue weighted by Gasteiger charge is -2.12. The minimum atomic E-state index is -0.410. The van der Waals surface area contributed by atoms with Crippen molar-refractivity contribution in [3.05, 3.63) is 35.9 Å². The van der Waals surface area contributed by atoms with Gasteiger partial charge in [-0.1, -0.05) is 30.3 Å². The van der Waals surface area contributed by atoms with Crippen LogP contribution in [0.1, 0.15) is 31.7 Å². The van der Waals surface area contributed by atoms with Gasteiger partial charge in [0, 0.05) is 25.0 Å². The number of carbonyl (C=O) groups excluding carboxylic acids is 2. The molecule has 23 heavy (non-hydrogen) atoms. The first-order valence-electron chi connectivity index (χ1n) is 8.03. The van der Waals surface area contributed by atoms with Crippen LogP contribution in [-0.4, -0.2) is 37.3 Å². The monoisotopic (exact) mass is 320 g/mol. The van der Waals surface area contributed by atoms with Gasteiger partial charge in [0.1, 0.15) is 6.61 Å². The van der Waals surface area contributed by atoms with Crippen LogP contribution in [0.25, 0.3) is 0 Å². The van der Waals surface area contributed by atoms with Crippen LogP contribution in [0.5, 0.6) is 0 Å². The third-order valence-electron chi connectivity index (χ3n) is 3.76. The molecule has 0 aliphatic carbocycles. The summed E-state index contributed by atoms with van der Waals surface area (Å²) in [5, 5.41) is 6.16. The fourth-order valence-corrected chi connectivity index (χ4v) is 2.61. The molecule has 1 aromatic rings. The number of esters is 1. The Kier molecular flexibility index (Phi) is 6.87. The summed E-state index contributed by atoms with van der Waals surface area (Å²) in [6.07, 6.45) is 1.50. The maximum atomic E-state index is 11.8. The Morgan fingerprint density at radius 2 is 2.04 bits per heavy atom. The number of benzene rings is 1. The molecule has 2 N–H and O–H groups in total. The minimum absolute atomic E-state index is 0.0328. The highest BCUT2D eigenvalue weighted by Gasteiger charge is 2.26. The Labute approximate surface area is 136 Å². The summed E-state index contributed by atoms with van der Waals surface area (Å²) in [5.74, 6) is -0.173. The minimum Gasteiger partial charge on any atom is -0.466 e. The van der Waals surface area contributed by atoms with Crippen LogP contribution in [0.2, 0.25) is 0 Å². The van der Waals surface area contributed by atoms with Gasteiger partial charge in [-0.05, 0) is 25.3 Å². The van der Waals surface area contributed by atoms with E-state index in [-0.39, 0.29) is 24.7 Å². The van der Waals surface area contributed by atoms with E-state index in [1.807, 2.05) is 30.3 Å². The van der Waals surface area contributed by atoms with Gasteiger partial charge in [-0.15, -0.1) is 0 Å². The molecule has 0 aromatic heterocycles. The van der Waals surface area contributed by atoms with Gasteiger partial charge < -0.3 is 20.1 Å². The van der Waals surface area contributed by atoms with Crippen molar-refractivity contribution in [3.63, 3.8) is 0 Å². The predicted octanol–water partition coefficient (Wildman–Crippen LogP) is 1.99. The Morgan fingerprint density at radius 1 is 1.26 bits per heavy atom. The number of alkyl carbamates (subject to hydrolysis) is 1. The molecular formula is C17H24N2O4. The lowest BCUT2D eigenvalue weighted by Crippen LogP contribution is -2.36. The second-order valence-corrected chi connectivity index (χ2v) is 5.59. The van der Waals surface area contributed by atoms with Crippen molar-refractivity contribution in [2.45, 2.75) is 44.9 Å². The molecule has 1 amide bonds. The van der Waals surface area contributed by atoms with Crippen molar-refractivity contribution in [1.82, 2.24) is 10.6 Å². The van der Waals surface area contributed by atoms with Crippen LogP contribution >= 0.6 is 0 Å². The highest BCUT2D eigenvalue weighted by atomic mass is 16.5. The molecule has 6 heteroatoms. The number of carbonyl (C=O) groups is 2. The number of amides is 1. The van der Waals surface area contributed by atoms with E-state index in [0.717, 1.165) is 18.4 Å². The van der Waals surface area contributed by atoms with Gasteiger partial charge in [0.05, 0.1) is 6.61 Å². The summed E-state index contributed by atoms with van der Waals surface area (Å²) in [5.41, 5.74) is 0.958. The predicted molar refractivity (Wildman–Crippen MR) is 85.8 cm³/mol. The highest BCUT2D eigenvalue weighted by molar-refractivity contribution is 5.69. The van der Waals surface area contributed by atoms with Gasteiger partial charge >= 0.3 is 12.1 Å². The number of rotatable bonds is 7. The van der Waals surface area contributed by atoms with Crippen LogP contribution in [0.3, 0.4) is 0 Å². The third-order valence-corrected chi connectivity index (χ3v) is 3.76. The zero-order valence-electron chi connectivity index (χ0n) is 13.4. The van der Waals surface area contributed by atoms with Crippen molar-refractivity contribution >= 4 is 12.1 Å². The molecule has 0 saturated carbocycles. The molecule has 0 spiro atoms. The lowest BCUT2D eigenvalue weighted by atomic mass is 10.1. The van der Waals surface area contributed by atoms with Gasteiger partial charge in [-0.25, -0.2) is 4.79 Å². The van der Waals surface area contributed by atoms with Crippen LogP contribution < -0.4 is 10.6 Å². The zero-order chi connectivity index (χ0) is 16.5. The van der Waals surface area contributed by atoms with Gasteiger partial charge in [0.15, 0.2) is 0 Å². The first kappa shape index (κ1) is 17.3. The molecule has 2 atom stereocenters. The van der Waals surface area contributed by atoms with Crippen molar-refractivity contribution in [3.8, 4) is 0 Å². The summed E-state index contributed by atoms with van der Waals surface area (Å²) >= 11 is 0. The number of hydrogen-bond acceptors (Lipinski definition) is 5. The Bertz CT molecular complexity index is 507. The van der Waals surface area contributed by atoms with Crippen LogP contribution in [-0.2, 0) is 20.9 Å². The summed E-state index contributed by atoms with van der Waals surface area (Å²) in [4.78, 5) is 23.1. The molecule has 1 aromatic carbocycles. The molecule has 1 saturated heterocycles. The molecule has 1 aliphatic rings. The second-order valence-electron chi connectivity index (χ2n) is 5.59. The third kappa shape index (κ3) is 6.28. The molecule has 2 rings (SSSR count). The molecule has 1 heterocycles. The van der Waals surface area contributed by atoms with E-state index < -0.39 is 6.09 Å². The molecule has 0 radical (unpaired) electrons. The average molecular weight is 320 g/mol. The van der Waals surface area contributed by atoms with Gasteiger partial charge in [0.2, 0.25) is 0 Å². The smallest absolute Gasteiger partial charge is 0.407 e. The Balaban J connectivity index is 1.63. The van der Waals surface area contributed by atoms with Gasteiger partial charge in [-0.3, -0.25) is 4.79 Å². The molecule has 1 aliphatic heterocycles. The van der Waals surface area contributed by atoms with Crippen molar-refractivity contribution in [1.29, 1.82) is 0 Å². The summed E-state index contributed by atoms with van der Waals surface area (Å²) < 4.78 is 10.1. The Hall–Kier alpha value is -2.08.